The van der Waals surface area contributed by atoms with Gasteiger partial charge in [0.25, 0.3) is 0 Å². The molecule has 1 heterocycles. The van der Waals surface area contributed by atoms with Crippen LogP contribution in [0.15, 0.2) is 18.2 Å². The zero-order valence-electron chi connectivity index (χ0n) is 9.90. The molecular weight excluding hydrogens is 257 g/mol. The monoisotopic (exact) mass is 271 g/mol. The molecule has 1 aromatic carbocycles. The zero-order chi connectivity index (χ0) is 13.1. The number of carbonyl (C=O) groups excluding carboxylic acids is 1. The van der Waals surface area contributed by atoms with Gasteiger partial charge in [0.2, 0.25) is 5.91 Å². The van der Waals surface area contributed by atoms with Crippen molar-refractivity contribution in [1.29, 1.82) is 0 Å². The molecule has 5 heteroatoms. The second-order valence-corrected chi connectivity index (χ2v) is 4.92. The number of likely N-dealkylation sites (tertiary alicyclic amines) is 1. The number of benzene rings is 1. The minimum absolute atomic E-state index is 0.0573. The normalized spacial score (nSPS) is 19.9. The molecule has 0 aliphatic carbocycles. The molecule has 2 rings (SSSR count). The number of aliphatic hydroxyl groups is 1. The van der Waals surface area contributed by atoms with Crippen LogP contribution in [0.25, 0.3) is 0 Å². The lowest BCUT2D eigenvalue weighted by Crippen LogP contribution is -2.42. The number of amides is 1. The van der Waals surface area contributed by atoms with Gasteiger partial charge in [-0.05, 0) is 25.0 Å². The number of carbonyl (C=O) groups is 1. The second-order valence-electron chi connectivity index (χ2n) is 4.51. The van der Waals surface area contributed by atoms with E-state index in [2.05, 4.69) is 0 Å². The average Bonchev–Trinajstić information content (AvgIpc) is 2.34. The summed E-state index contributed by atoms with van der Waals surface area (Å²) >= 11 is 5.88. The standard InChI is InChI=1S/C13H15ClFNO2/c14-11-4-1-5-12(15)10(11)7-13(18)16-6-2-3-9(17)8-16/h1,4-5,9,17H,2-3,6-8H2/t9-/m0/s1. The third kappa shape index (κ3) is 3.00. The van der Waals surface area contributed by atoms with Crippen molar-refractivity contribution in [1.82, 2.24) is 4.90 Å². The maximum absolute atomic E-state index is 13.6. The third-order valence-electron chi connectivity index (χ3n) is 3.14. The summed E-state index contributed by atoms with van der Waals surface area (Å²) in [5, 5.41) is 9.77. The van der Waals surface area contributed by atoms with E-state index in [4.69, 9.17) is 11.6 Å². The minimum atomic E-state index is -0.473. The molecule has 1 aliphatic heterocycles. The summed E-state index contributed by atoms with van der Waals surface area (Å²) in [4.78, 5) is 13.6. The van der Waals surface area contributed by atoms with Gasteiger partial charge in [0.15, 0.2) is 0 Å². The Balaban J connectivity index is 2.07. The van der Waals surface area contributed by atoms with Crippen molar-refractivity contribution in [2.45, 2.75) is 25.4 Å². The molecule has 0 spiro atoms. The van der Waals surface area contributed by atoms with Crippen LogP contribution in [0.5, 0.6) is 0 Å². The Labute approximate surface area is 110 Å². The van der Waals surface area contributed by atoms with Crippen LogP contribution in [0.2, 0.25) is 5.02 Å². The number of nitrogens with zero attached hydrogens (tertiary/aromatic N) is 1. The fraction of sp³-hybridized carbons (Fsp3) is 0.462. The van der Waals surface area contributed by atoms with Crippen molar-refractivity contribution in [3.05, 3.63) is 34.6 Å². The summed E-state index contributed by atoms with van der Waals surface area (Å²) in [6.07, 6.45) is 0.958. The lowest BCUT2D eigenvalue weighted by Gasteiger charge is -2.30. The van der Waals surface area contributed by atoms with Crippen molar-refractivity contribution < 1.29 is 14.3 Å². The molecule has 0 radical (unpaired) electrons. The molecule has 18 heavy (non-hydrogen) atoms. The maximum atomic E-state index is 13.6. The van der Waals surface area contributed by atoms with Crippen LogP contribution in [0, 0.1) is 5.82 Å². The fourth-order valence-corrected chi connectivity index (χ4v) is 2.38. The van der Waals surface area contributed by atoms with Gasteiger partial charge in [-0.3, -0.25) is 4.79 Å². The Morgan fingerprint density at radius 1 is 1.56 bits per heavy atom. The van der Waals surface area contributed by atoms with Gasteiger partial charge in [0.1, 0.15) is 5.82 Å². The summed E-state index contributed by atoms with van der Waals surface area (Å²) in [6.45, 7) is 0.937. The molecule has 1 aromatic rings. The first-order valence-corrected chi connectivity index (χ1v) is 6.34. The van der Waals surface area contributed by atoms with Crippen LogP contribution in [-0.4, -0.2) is 35.1 Å². The Morgan fingerprint density at radius 3 is 3.00 bits per heavy atom. The predicted molar refractivity (Wildman–Crippen MR) is 66.9 cm³/mol. The first-order chi connectivity index (χ1) is 8.58. The number of halogens is 2. The van der Waals surface area contributed by atoms with Crippen molar-refractivity contribution >= 4 is 17.5 Å². The van der Waals surface area contributed by atoms with Crippen molar-refractivity contribution in [2.24, 2.45) is 0 Å². The van der Waals surface area contributed by atoms with E-state index in [0.29, 0.717) is 19.5 Å². The average molecular weight is 272 g/mol. The van der Waals surface area contributed by atoms with E-state index in [0.717, 1.165) is 6.42 Å². The minimum Gasteiger partial charge on any atom is -0.391 e. The highest BCUT2D eigenvalue weighted by molar-refractivity contribution is 6.31. The van der Waals surface area contributed by atoms with Crippen LogP contribution >= 0.6 is 11.6 Å². The molecule has 0 aromatic heterocycles. The Kier molecular flexibility index (Phi) is 4.19. The van der Waals surface area contributed by atoms with Crippen molar-refractivity contribution in [2.75, 3.05) is 13.1 Å². The van der Waals surface area contributed by atoms with E-state index in [1.54, 1.807) is 11.0 Å². The first kappa shape index (κ1) is 13.3. The molecule has 1 aliphatic rings. The SMILES string of the molecule is O=C(Cc1c(F)cccc1Cl)N1CCC[C@H](O)C1. The summed E-state index contributed by atoms with van der Waals surface area (Å²) in [5.41, 5.74) is 0.226. The lowest BCUT2D eigenvalue weighted by atomic mass is 10.1. The number of aliphatic hydroxyl groups excluding tert-OH is 1. The molecule has 1 N–H and O–H groups in total. The third-order valence-corrected chi connectivity index (χ3v) is 3.49. The Hall–Kier alpha value is -1.13. The van der Waals surface area contributed by atoms with Crippen molar-refractivity contribution in [3.63, 3.8) is 0 Å². The van der Waals surface area contributed by atoms with E-state index >= 15 is 0 Å². The molecule has 0 unspecified atom stereocenters. The highest BCUT2D eigenvalue weighted by Gasteiger charge is 2.23. The largest absolute Gasteiger partial charge is 0.391 e. The van der Waals surface area contributed by atoms with Crippen LogP contribution in [0.1, 0.15) is 18.4 Å². The van der Waals surface area contributed by atoms with Gasteiger partial charge in [0, 0.05) is 23.7 Å². The highest BCUT2D eigenvalue weighted by Crippen LogP contribution is 2.21. The summed E-state index contributed by atoms with van der Waals surface area (Å²) in [5.74, 6) is -0.658. The predicted octanol–water partition coefficient (Wildman–Crippen LogP) is 2.00. The number of hydrogen-bond donors (Lipinski definition) is 1. The van der Waals surface area contributed by atoms with Gasteiger partial charge >= 0.3 is 0 Å². The molecular formula is C13H15ClFNO2. The zero-order valence-corrected chi connectivity index (χ0v) is 10.7. The summed E-state index contributed by atoms with van der Waals surface area (Å²) < 4.78 is 13.6. The second kappa shape index (κ2) is 5.67. The number of hydrogen-bond acceptors (Lipinski definition) is 2. The number of piperidine rings is 1. The van der Waals surface area contributed by atoms with Gasteiger partial charge < -0.3 is 10.0 Å². The van der Waals surface area contributed by atoms with E-state index in [-0.39, 0.29) is 22.9 Å². The van der Waals surface area contributed by atoms with Crippen molar-refractivity contribution in [3.8, 4) is 0 Å². The summed E-state index contributed by atoms with van der Waals surface area (Å²) in [6, 6.07) is 4.37. The quantitative estimate of drug-likeness (QED) is 0.894. The van der Waals surface area contributed by atoms with Crippen LogP contribution < -0.4 is 0 Å². The van der Waals surface area contributed by atoms with E-state index in [1.807, 2.05) is 0 Å². The maximum Gasteiger partial charge on any atom is 0.227 e. The smallest absolute Gasteiger partial charge is 0.227 e. The van der Waals surface area contributed by atoms with Gasteiger partial charge in [-0.25, -0.2) is 4.39 Å². The van der Waals surface area contributed by atoms with Gasteiger partial charge in [-0.15, -0.1) is 0 Å². The first-order valence-electron chi connectivity index (χ1n) is 5.96. The Bertz CT molecular complexity index is 432. The molecule has 3 nitrogen and oxygen atoms in total. The molecule has 0 bridgehead atoms. The van der Waals surface area contributed by atoms with Gasteiger partial charge in [-0.2, -0.15) is 0 Å². The lowest BCUT2D eigenvalue weighted by molar-refractivity contribution is -0.133. The molecule has 1 atom stereocenters. The summed E-state index contributed by atoms with van der Waals surface area (Å²) in [7, 11) is 0. The van der Waals surface area contributed by atoms with Crippen LogP contribution in [-0.2, 0) is 11.2 Å². The topological polar surface area (TPSA) is 40.5 Å². The van der Waals surface area contributed by atoms with Crippen LogP contribution in [0.3, 0.4) is 0 Å². The number of β-amino-alcohol motifs (C(OH)–C–C–N with tert-alkyl or cyclic N) is 1. The van der Waals surface area contributed by atoms with Gasteiger partial charge in [-0.1, -0.05) is 17.7 Å². The highest BCUT2D eigenvalue weighted by atomic mass is 35.5. The molecule has 0 saturated carbocycles. The van der Waals surface area contributed by atoms with E-state index < -0.39 is 11.9 Å². The van der Waals surface area contributed by atoms with E-state index in [1.165, 1.54) is 12.1 Å². The fourth-order valence-electron chi connectivity index (χ4n) is 2.15. The molecule has 1 amide bonds. The Morgan fingerprint density at radius 2 is 2.33 bits per heavy atom. The molecule has 1 saturated heterocycles. The van der Waals surface area contributed by atoms with Gasteiger partial charge in [0.05, 0.1) is 12.5 Å². The molecule has 98 valence electrons. The van der Waals surface area contributed by atoms with E-state index in [9.17, 15) is 14.3 Å². The molecule has 1 fully saturated rings. The van der Waals surface area contributed by atoms with Crippen LogP contribution in [0.4, 0.5) is 4.39 Å². The number of rotatable bonds is 2.